The zero-order chi connectivity index (χ0) is 23.1. The Bertz CT molecular complexity index is 1190. The van der Waals surface area contributed by atoms with Crippen LogP contribution < -0.4 is 10.9 Å². The third kappa shape index (κ3) is 6.12. The maximum Gasteiger partial charge on any atom is 0.339 e. The van der Waals surface area contributed by atoms with Crippen molar-refractivity contribution in [1.29, 1.82) is 0 Å². The molecule has 3 aromatic rings. The van der Waals surface area contributed by atoms with Crippen molar-refractivity contribution in [1.82, 2.24) is 5.32 Å². The summed E-state index contributed by atoms with van der Waals surface area (Å²) >= 11 is 7.44. The highest BCUT2D eigenvalue weighted by atomic mass is 35.5. The first kappa shape index (κ1) is 23.8. The summed E-state index contributed by atoms with van der Waals surface area (Å²) in [6, 6.07) is 11.5. The van der Waals surface area contributed by atoms with Crippen LogP contribution >= 0.6 is 23.4 Å². The Hall–Kier alpha value is -2.81. The largest absolute Gasteiger partial charge is 0.457 e. The normalized spacial score (nSPS) is 10.8. The predicted octanol–water partition coefficient (Wildman–Crippen LogP) is 3.97. The van der Waals surface area contributed by atoms with Gasteiger partial charge in [-0.25, -0.2) is 9.59 Å². The summed E-state index contributed by atoms with van der Waals surface area (Å²) in [5.74, 6) is -0.576. The summed E-state index contributed by atoms with van der Waals surface area (Å²) in [6.07, 6.45) is 0. The van der Waals surface area contributed by atoms with Gasteiger partial charge in [-0.15, -0.1) is 11.8 Å². The lowest BCUT2D eigenvalue weighted by molar-refractivity contribution is -0.118. The van der Waals surface area contributed by atoms with E-state index in [4.69, 9.17) is 25.5 Å². The zero-order valence-corrected chi connectivity index (χ0v) is 19.2. The number of thioether (sulfide) groups is 1. The van der Waals surface area contributed by atoms with E-state index >= 15 is 0 Å². The summed E-state index contributed by atoms with van der Waals surface area (Å²) in [4.78, 5) is 37.2. The summed E-state index contributed by atoms with van der Waals surface area (Å²) in [6.45, 7) is 2.52. The molecule has 0 spiro atoms. The minimum atomic E-state index is -0.563. The predicted molar refractivity (Wildman–Crippen MR) is 123 cm³/mol. The molecule has 2 aromatic carbocycles. The van der Waals surface area contributed by atoms with Crippen LogP contribution in [0.4, 0.5) is 0 Å². The third-order valence-electron chi connectivity index (χ3n) is 4.56. The van der Waals surface area contributed by atoms with E-state index in [0.717, 1.165) is 5.56 Å². The van der Waals surface area contributed by atoms with Gasteiger partial charge in [0, 0.05) is 40.6 Å². The molecule has 1 N–H and O–H groups in total. The molecule has 1 amide bonds. The zero-order valence-electron chi connectivity index (χ0n) is 17.6. The van der Waals surface area contributed by atoms with Crippen LogP contribution in [0.2, 0.25) is 5.02 Å². The van der Waals surface area contributed by atoms with Crippen LogP contribution in [0, 0.1) is 6.92 Å². The number of hydrogen-bond donors (Lipinski definition) is 1. The number of halogens is 1. The van der Waals surface area contributed by atoms with E-state index in [2.05, 4.69) is 5.32 Å². The Balaban J connectivity index is 1.72. The van der Waals surface area contributed by atoms with E-state index in [9.17, 15) is 14.4 Å². The van der Waals surface area contributed by atoms with Gasteiger partial charge in [0.2, 0.25) is 5.91 Å². The summed E-state index contributed by atoms with van der Waals surface area (Å²) in [5, 5.41) is 3.85. The monoisotopic (exact) mass is 475 g/mol. The molecule has 0 aliphatic carbocycles. The van der Waals surface area contributed by atoms with Crippen LogP contribution in [-0.4, -0.2) is 37.9 Å². The molecule has 0 aliphatic rings. The standard InChI is InChI=1S/C23H22ClNO6S/c1-14-9-19-17(11-18(14)24)15(10-22(27)31-19)12-30-23(28)16-5-3-4-6-20(16)32-13-21(26)25-7-8-29-2/h3-6,9-11H,7-8,12-13H2,1-2H3,(H,25,26). The van der Waals surface area contributed by atoms with Crippen molar-refractivity contribution in [2.45, 2.75) is 18.4 Å². The van der Waals surface area contributed by atoms with Crippen LogP contribution in [0.25, 0.3) is 11.0 Å². The molecule has 0 saturated carbocycles. The average Bonchev–Trinajstić information content (AvgIpc) is 2.77. The molecule has 0 atom stereocenters. The topological polar surface area (TPSA) is 94.8 Å². The van der Waals surface area contributed by atoms with Crippen molar-refractivity contribution < 1.29 is 23.5 Å². The highest BCUT2D eigenvalue weighted by Crippen LogP contribution is 2.27. The van der Waals surface area contributed by atoms with Gasteiger partial charge >= 0.3 is 11.6 Å². The number of hydrogen-bond acceptors (Lipinski definition) is 7. The van der Waals surface area contributed by atoms with E-state index in [1.807, 2.05) is 0 Å². The van der Waals surface area contributed by atoms with Crippen molar-refractivity contribution in [3.8, 4) is 0 Å². The minimum absolute atomic E-state index is 0.128. The summed E-state index contributed by atoms with van der Waals surface area (Å²) in [7, 11) is 1.56. The molecule has 168 valence electrons. The molecule has 0 saturated heterocycles. The maximum absolute atomic E-state index is 12.8. The number of nitrogens with one attached hydrogen (secondary N) is 1. The Labute approximate surface area is 194 Å². The van der Waals surface area contributed by atoms with E-state index < -0.39 is 11.6 Å². The van der Waals surface area contributed by atoms with Crippen molar-refractivity contribution >= 4 is 46.2 Å². The molecule has 0 radical (unpaired) electrons. The smallest absolute Gasteiger partial charge is 0.339 e. The van der Waals surface area contributed by atoms with E-state index in [-0.39, 0.29) is 18.3 Å². The average molecular weight is 476 g/mol. The first-order chi connectivity index (χ1) is 15.4. The van der Waals surface area contributed by atoms with Crippen molar-refractivity contribution in [3.63, 3.8) is 0 Å². The lowest BCUT2D eigenvalue weighted by atomic mass is 10.1. The lowest BCUT2D eigenvalue weighted by Gasteiger charge is -2.11. The molecule has 3 rings (SSSR count). The van der Waals surface area contributed by atoms with E-state index in [1.54, 1.807) is 50.4 Å². The fraction of sp³-hybridized carbons (Fsp3) is 0.261. The number of esters is 1. The summed E-state index contributed by atoms with van der Waals surface area (Å²) < 4.78 is 15.6. The molecule has 7 nitrogen and oxygen atoms in total. The fourth-order valence-corrected chi connectivity index (χ4v) is 3.97. The Kier molecular flexibility index (Phi) is 8.33. The molecule has 0 fully saturated rings. The van der Waals surface area contributed by atoms with E-state index in [1.165, 1.54) is 17.8 Å². The Morgan fingerprint density at radius 2 is 1.97 bits per heavy atom. The second-order valence-corrected chi connectivity index (χ2v) is 8.32. The first-order valence-electron chi connectivity index (χ1n) is 9.76. The van der Waals surface area contributed by atoms with Gasteiger partial charge < -0.3 is 19.2 Å². The first-order valence-corrected chi connectivity index (χ1v) is 11.1. The number of carbonyl (C=O) groups excluding carboxylic acids is 2. The van der Waals surface area contributed by atoms with Crippen LogP contribution in [0.1, 0.15) is 21.5 Å². The number of aryl methyl sites for hydroxylation is 1. The second kappa shape index (κ2) is 11.2. The van der Waals surface area contributed by atoms with Gasteiger partial charge in [0.25, 0.3) is 0 Å². The van der Waals surface area contributed by atoms with Gasteiger partial charge in [0.15, 0.2) is 0 Å². The molecule has 32 heavy (non-hydrogen) atoms. The van der Waals surface area contributed by atoms with Crippen LogP contribution in [0.5, 0.6) is 0 Å². The second-order valence-electron chi connectivity index (χ2n) is 6.89. The lowest BCUT2D eigenvalue weighted by Crippen LogP contribution is -2.28. The highest BCUT2D eigenvalue weighted by molar-refractivity contribution is 8.00. The quantitative estimate of drug-likeness (QED) is 0.216. The van der Waals surface area contributed by atoms with Gasteiger partial charge in [-0.3, -0.25) is 4.79 Å². The van der Waals surface area contributed by atoms with Crippen LogP contribution in [0.15, 0.2) is 56.6 Å². The van der Waals surface area contributed by atoms with Crippen molar-refractivity contribution in [3.05, 3.63) is 74.6 Å². The van der Waals surface area contributed by atoms with Gasteiger partial charge in [-0.2, -0.15) is 0 Å². The van der Waals surface area contributed by atoms with Gasteiger partial charge in [0.05, 0.1) is 17.9 Å². The number of benzene rings is 2. The fourth-order valence-electron chi connectivity index (χ4n) is 2.94. The molecule has 1 aromatic heterocycles. The Morgan fingerprint density at radius 1 is 1.19 bits per heavy atom. The van der Waals surface area contributed by atoms with Crippen LogP contribution in [0.3, 0.4) is 0 Å². The molecular formula is C23H22ClNO6S. The number of ether oxygens (including phenoxy) is 2. The number of rotatable bonds is 9. The highest BCUT2D eigenvalue weighted by Gasteiger charge is 2.16. The van der Waals surface area contributed by atoms with Gasteiger partial charge in [-0.1, -0.05) is 23.7 Å². The van der Waals surface area contributed by atoms with Crippen LogP contribution in [-0.2, 0) is 20.9 Å². The molecule has 9 heteroatoms. The minimum Gasteiger partial charge on any atom is -0.457 e. The third-order valence-corrected chi connectivity index (χ3v) is 6.04. The van der Waals surface area contributed by atoms with Gasteiger partial charge in [0.1, 0.15) is 12.2 Å². The molecule has 0 unspecified atom stereocenters. The molecule has 0 aliphatic heterocycles. The molecule has 1 heterocycles. The summed E-state index contributed by atoms with van der Waals surface area (Å²) in [5.41, 5.74) is 1.44. The van der Waals surface area contributed by atoms with Crippen molar-refractivity contribution in [2.24, 2.45) is 0 Å². The molecular weight excluding hydrogens is 454 g/mol. The molecule has 0 bridgehead atoms. The maximum atomic E-state index is 12.8. The van der Waals surface area contributed by atoms with Crippen molar-refractivity contribution in [2.75, 3.05) is 26.0 Å². The van der Waals surface area contributed by atoms with E-state index in [0.29, 0.717) is 45.2 Å². The SMILES string of the molecule is COCCNC(=O)CSc1ccccc1C(=O)OCc1cc(=O)oc2cc(C)c(Cl)cc12. The Morgan fingerprint density at radius 3 is 2.75 bits per heavy atom. The van der Waals surface area contributed by atoms with Gasteiger partial charge in [-0.05, 0) is 36.8 Å². The number of fused-ring (bicyclic) bond motifs is 1. The number of amides is 1. The number of carbonyl (C=O) groups is 2. The number of methoxy groups -OCH3 is 1.